The minimum Gasteiger partial charge on any atom is -0.497 e. The predicted molar refractivity (Wildman–Crippen MR) is 76.0 cm³/mol. The van der Waals surface area contributed by atoms with Crippen LogP contribution in [-0.2, 0) is 4.79 Å². The summed E-state index contributed by atoms with van der Waals surface area (Å²) < 4.78 is 5.02. The van der Waals surface area contributed by atoms with Crippen molar-refractivity contribution in [1.29, 1.82) is 0 Å². The van der Waals surface area contributed by atoms with Crippen LogP contribution in [0.4, 0.5) is 5.69 Å². The molecule has 0 saturated heterocycles. The van der Waals surface area contributed by atoms with Crippen LogP contribution < -0.4 is 15.8 Å². The highest BCUT2D eigenvalue weighted by atomic mass is 16.5. The second kappa shape index (κ2) is 5.92. The van der Waals surface area contributed by atoms with Crippen molar-refractivity contribution >= 4 is 17.6 Å². The molecule has 1 amide bonds. The van der Waals surface area contributed by atoms with E-state index >= 15 is 0 Å². The molecule has 0 aliphatic heterocycles. The molecule has 1 aromatic rings. The lowest BCUT2D eigenvalue weighted by atomic mass is 9.87. The number of ether oxygens (including phenoxy) is 1. The number of carboxylic acid groups (broad SMARTS) is 1. The molecule has 0 saturated carbocycles. The molecule has 1 aromatic carbocycles. The highest BCUT2D eigenvalue weighted by molar-refractivity contribution is 6.02. The van der Waals surface area contributed by atoms with E-state index in [-0.39, 0.29) is 11.3 Å². The number of carbonyl (C=O) groups excluding carboxylic acids is 1. The van der Waals surface area contributed by atoms with Crippen molar-refractivity contribution in [1.82, 2.24) is 0 Å². The van der Waals surface area contributed by atoms with Gasteiger partial charge in [0.2, 0.25) is 5.91 Å². The van der Waals surface area contributed by atoms with Gasteiger partial charge in [-0.25, -0.2) is 4.79 Å². The Bertz CT molecular complexity index is 520. The molecule has 0 bridgehead atoms. The van der Waals surface area contributed by atoms with Crippen molar-refractivity contribution < 1.29 is 19.4 Å². The third-order valence-electron chi connectivity index (χ3n) is 2.93. The Labute approximate surface area is 117 Å². The number of anilines is 1. The van der Waals surface area contributed by atoms with Crippen LogP contribution in [0.2, 0.25) is 0 Å². The molecule has 0 radical (unpaired) electrons. The van der Waals surface area contributed by atoms with Crippen molar-refractivity contribution in [3.05, 3.63) is 23.8 Å². The summed E-state index contributed by atoms with van der Waals surface area (Å²) in [5.41, 5.74) is 5.58. The summed E-state index contributed by atoms with van der Waals surface area (Å²) in [6, 6.07) is 3.59. The van der Waals surface area contributed by atoms with Crippen LogP contribution in [0, 0.1) is 5.41 Å². The number of amides is 1. The lowest BCUT2D eigenvalue weighted by Gasteiger charge is -2.26. The Kier molecular flexibility index (Phi) is 4.73. The summed E-state index contributed by atoms with van der Waals surface area (Å²) in [4.78, 5) is 23.2. The van der Waals surface area contributed by atoms with E-state index in [1.807, 2.05) is 20.8 Å². The van der Waals surface area contributed by atoms with E-state index < -0.39 is 23.3 Å². The molecule has 0 aromatic heterocycles. The molecule has 1 atom stereocenters. The molecule has 0 fully saturated rings. The maximum Gasteiger partial charge on any atom is 0.337 e. The van der Waals surface area contributed by atoms with Gasteiger partial charge in [-0.15, -0.1) is 0 Å². The fourth-order valence-corrected chi connectivity index (χ4v) is 1.54. The number of aromatic carboxylic acids is 1. The normalized spacial score (nSPS) is 12.7. The van der Waals surface area contributed by atoms with Gasteiger partial charge in [-0.1, -0.05) is 20.8 Å². The topological polar surface area (TPSA) is 102 Å². The second-order valence-corrected chi connectivity index (χ2v) is 5.55. The zero-order valence-electron chi connectivity index (χ0n) is 12.1. The summed E-state index contributed by atoms with van der Waals surface area (Å²) >= 11 is 0. The molecule has 6 heteroatoms. The summed E-state index contributed by atoms with van der Waals surface area (Å²) in [7, 11) is 1.46. The molecule has 110 valence electrons. The Morgan fingerprint density at radius 3 is 2.40 bits per heavy atom. The van der Waals surface area contributed by atoms with Crippen LogP contribution in [0.15, 0.2) is 18.2 Å². The van der Waals surface area contributed by atoms with Gasteiger partial charge in [0.25, 0.3) is 0 Å². The number of nitrogens with one attached hydrogen (secondary N) is 1. The third-order valence-corrected chi connectivity index (χ3v) is 2.93. The first kappa shape index (κ1) is 16.0. The molecule has 4 N–H and O–H groups in total. The van der Waals surface area contributed by atoms with Crippen molar-refractivity contribution in [2.75, 3.05) is 12.4 Å². The second-order valence-electron chi connectivity index (χ2n) is 5.55. The number of hydrogen-bond acceptors (Lipinski definition) is 4. The van der Waals surface area contributed by atoms with Gasteiger partial charge < -0.3 is 20.9 Å². The molecule has 0 aliphatic carbocycles. The van der Waals surface area contributed by atoms with Gasteiger partial charge >= 0.3 is 5.97 Å². The SMILES string of the molecule is COc1ccc(C(=O)O)c(NC(=O)C(N)C(C)(C)C)c1. The van der Waals surface area contributed by atoms with E-state index in [2.05, 4.69) is 5.32 Å². The van der Waals surface area contributed by atoms with Gasteiger partial charge in [0, 0.05) is 6.07 Å². The molecule has 1 unspecified atom stereocenters. The van der Waals surface area contributed by atoms with E-state index in [1.54, 1.807) is 0 Å². The standard InChI is InChI=1S/C14H20N2O4/c1-14(2,3)11(15)12(17)16-10-7-8(20-4)5-6-9(10)13(18)19/h5-7,11H,15H2,1-4H3,(H,16,17)(H,18,19). The maximum absolute atomic E-state index is 12.1. The van der Waals surface area contributed by atoms with Gasteiger partial charge in [0.15, 0.2) is 0 Å². The number of nitrogens with two attached hydrogens (primary N) is 1. The van der Waals surface area contributed by atoms with Crippen molar-refractivity contribution in [3.63, 3.8) is 0 Å². The highest BCUT2D eigenvalue weighted by Gasteiger charge is 2.28. The summed E-state index contributed by atoms with van der Waals surface area (Å²) in [6.07, 6.45) is 0. The molecule has 0 spiro atoms. The number of rotatable bonds is 4. The first-order valence-electron chi connectivity index (χ1n) is 6.14. The number of carboxylic acids is 1. The maximum atomic E-state index is 12.1. The fraction of sp³-hybridized carbons (Fsp3) is 0.429. The highest BCUT2D eigenvalue weighted by Crippen LogP contribution is 2.24. The lowest BCUT2D eigenvalue weighted by Crippen LogP contribution is -2.45. The third kappa shape index (κ3) is 3.71. The van der Waals surface area contributed by atoms with Crippen LogP contribution in [0.25, 0.3) is 0 Å². The lowest BCUT2D eigenvalue weighted by molar-refractivity contribution is -0.119. The molecule has 0 heterocycles. The molecule has 1 rings (SSSR count). The van der Waals surface area contributed by atoms with Crippen LogP contribution in [0.3, 0.4) is 0 Å². The van der Waals surface area contributed by atoms with Gasteiger partial charge in [0.1, 0.15) is 5.75 Å². The van der Waals surface area contributed by atoms with E-state index in [1.165, 1.54) is 25.3 Å². The zero-order chi connectivity index (χ0) is 15.5. The first-order chi connectivity index (χ1) is 9.16. The van der Waals surface area contributed by atoms with Crippen molar-refractivity contribution in [3.8, 4) is 5.75 Å². The zero-order valence-corrected chi connectivity index (χ0v) is 12.1. The van der Waals surface area contributed by atoms with Crippen LogP contribution in [-0.4, -0.2) is 30.1 Å². The smallest absolute Gasteiger partial charge is 0.337 e. The number of carbonyl (C=O) groups is 2. The molecule has 0 aliphatic rings. The number of methoxy groups -OCH3 is 1. The molecular formula is C14H20N2O4. The van der Waals surface area contributed by atoms with Gasteiger partial charge in [-0.2, -0.15) is 0 Å². The van der Waals surface area contributed by atoms with Crippen molar-refractivity contribution in [2.24, 2.45) is 11.1 Å². The fourth-order valence-electron chi connectivity index (χ4n) is 1.54. The Balaban J connectivity index is 3.07. The Hall–Kier alpha value is -2.08. The van der Waals surface area contributed by atoms with Crippen molar-refractivity contribution in [2.45, 2.75) is 26.8 Å². The van der Waals surface area contributed by atoms with E-state index in [0.29, 0.717) is 5.75 Å². The minimum absolute atomic E-state index is 0.0136. The quantitative estimate of drug-likeness (QED) is 0.779. The number of hydrogen-bond donors (Lipinski definition) is 3. The summed E-state index contributed by atoms with van der Waals surface area (Å²) in [5, 5.41) is 11.7. The first-order valence-corrected chi connectivity index (χ1v) is 6.14. The Morgan fingerprint density at radius 1 is 1.35 bits per heavy atom. The van der Waals surface area contributed by atoms with Gasteiger partial charge in [-0.3, -0.25) is 4.79 Å². The van der Waals surface area contributed by atoms with E-state index in [9.17, 15) is 9.59 Å². The average molecular weight is 280 g/mol. The monoisotopic (exact) mass is 280 g/mol. The van der Waals surface area contributed by atoms with Crippen LogP contribution >= 0.6 is 0 Å². The summed E-state index contributed by atoms with van der Waals surface area (Å²) in [5.74, 6) is -1.12. The minimum atomic E-state index is -1.13. The largest absolute Gasteiger partial charge is 0.497 e. The molecule has 20 heavy (non-hydrogen) atoms. The number of benzene rings is 1. The summed E-state index contributed by atoms with van der Waals surface area (Å²) in [6.45, 7) is 5.50. The molecule has 6 nitrogen and oxygen atoms in total. The Morgan fingerprint density at radius 2 is 1.95 bits per heavy atom. The molecular weight excluding hydrogens is 260 g/mol. The van der Waals surface area contributed by atoms with Gasteiger partial charge in [-0.05, 0) is 17.5 Å². The van der Waals surface area contributed by atoms with Crippen LogP contribution in [0.1, 0.15) is 31.1 Å². The van der Waals surface area contributed by atoms with E-state index in [0.717, 1.165) is 0 Å². The van der Waals surface area contributed by atoms with E-state index in [4.69, 9.17) is 15.6 Å². The van der Waals surface area contributed by atoms with Gasteiger partial charge in [0.05, 0.1) is 24.4 Å². The van der Waals surface area contributed by atoms with Crippen LogP contribution in [0.5, 0.6) is 5.75 Å². The average Bonchev–Trinajstić information content (AvgIpc) is 2.36. The predicted octanol–water partition coefficient (Wildman–Crippen LogP) is 1.71.